The second-order valence-corrected chi connectivity index (χ2v) is 4.97. The average Bonchev–Trinajstić information content (AvgIpc) is 2.61. The van der Waals surface area contributed by atoms with Gasteiger partial charge in [0.15, 0.2) is 0 Å². The summed E-state index contributed by atoms with van der Waals surface area (Å²) < 4.78 is 13.6. The molecule has 1 aromatic carbocycles. The first kappa shape index (κ1) is 14.8. The van der Waals surface area contributed by atoms with Crippen molar-refractivity contribution in [2.24, 2.45) is 0 Å². The SMILES string of the molecule is O=C(c1ccncc1)N(Cc1cccnc1)c1cccc(F)c1. The minimum atomic E-state index is -0.388. The van der Waals surface area contributed by atoms with Crippen molar-refractivity contribution >= 4 is 11.6 Å². The Bertz CT molecular complexity index is 794. The van der Waals surface area contributed by atoms with Gasteiger partial charge < -0.3 is 4.90 Å². The highest BCUT2D eigenvalue weighted by Gasteiger charge is 2.18. The number of rotatable bonds is 4. The molecule has 23 heavy (non-hydrogen) atoms. The predicted octanol–water partition coefficient (Wildman–Crippen LogP) is 3.46. The summed E-state index contributed by atoms with van der Waals surface area (Å²) in [5, 5.41) is 0. The Morgan fingerprint density at radius 1 is 1.00 bits per heavy atom. The van der Waals surface area contributed by atoms with Gasteiger partial charge in [-0.15, -0.1) is 0 Å². The minimum Gasteiger partial charge on any atom is -0.304 e. The van der Waals surface area contributed by atoms with Crippen LogP contribution in [-0.2, 0) is 6.54 Å². The van der Waals surface area contributed by atoms with Gasteiger partial charge in [-0.25, -0.2) is 4.39 Å². The van der Waals surface area contributed by atoms with E-state index in [1.807, 2.05) is 6.07 Å². The number of amides is 1. The van der Waals surface area contributed by atoms with E-state index in [9.17, 15) is 9.18 Å². The number of carbonyl (C=O) groups excluding carboxylic acids is 1. The molecule has 0 aliphatic heterocycles. The normalized spacial score (nSPS) is 10.3. The van der Waals surface area contributed by atoms with E-state index in [-0.39, 0.29) is 11.7 Å². The fraction of sp³-hybridized carbons (Fsp3) is 0.0556. The molecule has 5 heteroatoms. The smallest absolute Gasteiger partial charge is 0.258 e. The van der Waals surface area contributed by atoms with Crippen molar-refractivity contribution in [3.05, 3.63) is 90.3 Å². The molecule has 0 bridgehead atoms. The van der Waals surface area contributed by atoms with E-state index in [1.54, 1.807) is 55.1 Å². The van der Waals surface area contributed by atoms with Gasteiger partial charge in [0.25, 0.3) is 5.91 Å². The molecule has 0 spiro atoms. The zero-order valence-electron chi connectivity index (χ0n) is 12.3. The Morgan fingerprint density at radius 3 is 2.52 bits per heavy atom. The standard InChI is InChI=1S/C18H14FN3O/c19-16-4-1-5-17(11-16)22(13-14-3-2-8-21-12-14)18(23)15-6-9-20-10-7-15/h1-12H,13H2. The molecule has 4 nitrogen and oxygen atoms in total. The van der Waals surface area contributed by atoms with Crippen molar-refractivity contribution in [1.29, 1.82) is 0 Å². The van der Waals surface area contributed by atoms with E-state index in [4.69, 9.17) is 0 Å². The lowest BCUT2D eigenvalue weighted by molar-refractivity contribution is 0.0985. The third kappa shape index (κ3) is 3.58. The van der Waals surface area contributed by atoms with Gasteiger partial charge in [-0.1, -0.05) is 12.1 Å². The Balaban J connectivity index is 1.98. The molecule has 0 atom stereocenters. The van der Waals surface area contributed by atoms with Crippen LogP contribution < -0.4 is 4.90 Å². The van der Waals surface area contributed by atoms with Crippen molar-refractivity contribution in [2.45, 2.75) is 6.54 Å². The number of hydrogen-bond acceptors (Lipinski definition) is 3. The summed E-state index contributed by atoms with van der Waals surface area (Å²) in [4.78, 5) is 22.3. The van der Waals surface area contributed by atoms with Crippen LogP contribution in [0.2, 0.25) is 0 Å². The van der Waals surface area contributed by atoms with Crippen LogP contribution in [-0.4, -0.2) is 15.9 Å². The Labute approximate surface area is 133 Å². The van der Waals surface area contributed by atoms with Crippen molar-refractivity contribution in [2.75, 3.05) is 4.90 Å². The third-order valence-corrected chi connectivity index (χ3v) is 3.36. The molecule has 0 aliphatic rings. The molecule has 3 rings (SSSR count). The summed E-state index contributed by atoms with van der Waals surface area (Å²) in [6, 6.07) is 12.9. The van der Waals surface area contributed by atoms with Crippen molar-refractivity contribution in [3.63, 3.8) is 0 Å². The van der Waals surface area contributed by atoms with Crippen LogP contribution in [0, 0.1) is 5.82 Å². The summed E-state index contributed by atoms with van der Waals surface area (Å²) >= 11 is 0. The molecule has 0 saturated carbocycles. The molecule has 3 aromatic rings. The van der Waals surface area contributed by atoms with Gasteiger partial charge in [-0.2, -0.15) is 0 Å². The third-order valence-electron chi connectivity index (χ3n) is 3.36. The minimum absolute atomic E-state index is 0.221. The molecule has 2 heterocycles. The number of pyridine rings is 2. The maximum absolute atomic E-state index is 13.6. The highest BCUT2D eigenvalue weighted by Crippen LogP contribution is 2.21. The van der Waals surface area contributed by atoms with Crippen molar-refractivity contribution < 1.29 is 9.18 Å². The molecule has 1 amide bonds. The van der Waals surface area contributed by atoms with Crippen LogP contribution in [0.1, 0.15) is 15.9 Å². The fourth-order valence-electron chi connectivity index (χ4n) is 2.25. The maximum atomic E-state index is 13.6. The quantitative estimate of drug-likeness (QED) is 0.741. The molecule has 0 radical (unpaired) electrons. The molecule has 0 N–H and O–H groups in total. The second kappa shape index (κ2) is 6.79. The number of halogens is 1. The maximum Gasteiger partial charge on any atom is 0.258 e. The highest BCUT2D eigenvalue weighted by atomic mass is 19.1. The van der Waals surface area contributed by atoms with Gasteiger partial charge in [0, 0.05) is 36.0 Å². The van der Waals surface area contributed by atoms with Crippen LogP contribution in [0.25, 0.3) is 0 Å². The first-order valence-corrected chi connectivity index (χ1v) is 7.10. The van der Waals surface area contributed by atoms with Gasteiger partial charge in [0.05, 0.1) is 6.54 Å². The van der Waals surface area contributed by atoms with Gasteiger partial charge in [-0.05, 0) is 42.0 Å². The highest BCUT2D eigenvalue weighted by molar-refractivity contribution is 6.05. The molecule has 0 fully saturated rings. The van der Waals surface area contributed by atoms with Gasteiger partial charge in [-0.3, -0.25) is 14.8 Å². The predicted molar refractivity (Wildman–Crippen MR) is 85.4 cm³/mol. The van der Waals surface area contributed by atoms with Gasteiger partial charge in [0.1, 0.15) is 5.82 Å². The second-order valence-electron chi connectivity index (χ2n) is 4.97. The molecule has 114 valence electrons. The lowest BCUT2D eigenvalue weighted by Crippen LogP contribution is -2.30. The van der Waals surface area contributed by atoms with Crippen LogP contribution in [0.3, 0.4) is 0 Å². The number of hydrogen-bond donors (Lipinski definition) is 0. The summed E-state index contributed by atoms with van der Waals surface area (Å²) in [6.07, 6.45) is 6.47. The lowest BCUT2D eigenvalue weighted by Gasteiger charge is -2.23. The van der Waals surface area contributed by atoms with Crippen molar-refractivity contribution in [1.82, 2.24) is 9.97 Å². The van der Waals surface area contributed by atoms with E-state index >= 15 is 0 Å². The first-order valence-electron chi connectivity index (χ1n) is 7.10. The number of aromatic nitrogens is 2. The number of anilines is 1. The fourth-order valence-corrected chi connectivity index (χ4v) is 2.25. The molecular weight excluding hydrogens is 293 g/mol. The molecule has 0 aliphatic carbocycles. The summed E-state index contributed by atoms with van der Waals surface area (Å²) in [6.45, 7) is 0.304. The van der Waals surface area contributed by atoms with E-state index < -0.39 is 0 Å². The Kier molecular flexibility index (Phi) is 4.38. The van der Waals surface area contributed by atoms with Gasteiger partial charge in [0.2, 0.25) is 0 Å². The average molecular weight is 307 g/mol. The van der Waals surface area contributed by atoms with Crippen LogP contribution in [0.4, 0.5) is 10.1 Å². The topological polar surface area (TPSA) is 46.1 Å². The largest absolute Gasteiger partial charge is 0.304 e. The molecule has 2 aromatic heterocycles. The summed E-state index contributed by atoms with van der Waals surface area (Å²) in [5.41, 5.74) is 1.85. The van der Waals surface area contributed by atoms with E-state index in [0.29, 0.717) is 17.8 Å². The first-order chi connectivity index (χ1) is 11.2. The lowest BCUT2D eigenvalue weighted by atomic mass is 10.1. The molecule has 0 saturated heterocycles. The number of carbonyl (C=O) groups is 1. The monoisotopic (exact) mass is 307 g/mol. The zero-order chi connectivity index (χ0) is 16.1. The van der Waals surface area contributed by atoms with Crippen LogP contribution in [0.5, 0.6) is 0 Å². The van der Waals surface area contributed by atoms with E-state index in [0.717, 1.165) is 5.56 Å². The zero-order valence-corrected chi connectivity index (χ0v) is 12.3. The number of benzene rings is 1. The van der Waals surface area contributed by atoms with E-state index in [1.165, 1.54) is 17.0 Å². The van der Waals surface area contributed by atoms with Crippen molar-refractivity contribution in [3.8, 4) is 0 Å². The van der Waals surface area contributed by atoms with Crippen LogP contribution >= 0.6 is 0 Å². The molecule has 0 unspecified atom stereocenters. The molecular formula is C18H14FN3O. The summed E-state index contributed by atoms with van der Waals surface area (Å²) in [7, 11) is 0. The number of nitrogens with zero attached hydrogens (tertiary/aromatic N) is 3. The Hall–Kier alpha value is -3.08. The summed E-state index contributed by atoms with van der Waals surface area (Å²) in [5.74, 6) is -0.608. The Morgan fingerprint density at radius 2 is 1.83 bits per heavy atom. The van der Waals surface area contributed by atoms with E-state index in [2.05, 4.69) is 9.97 Å². The van der Waals surface area contributed by atoms with Crippen LogP contribution in [0.15, 0.2) is 73.3 Å². The van der Waals surface area contributed by atoms with Gasteiger partial charge >= 0.3 is 0 Å².